The van der Waals surface area contributed by atoms with Crippen LogP contribution in [-0.2, 0) is 18.0 Å². The highest BCUT2D eigenvalue weighted by atomic mass is 16.6. The number of carbonyl (C=O) groups is 2. The maximum absolute atomic E-state index is 12.2. The number of hydroxylamine groups is 2. The first-order valence-corrected chi connectivity index (χ1v) is 11.0. The third-order valence-corrected chi connectivity index (χ3v) is 5.58. The van der Waals surface area contributed by atoms with Crippen LogP contribution in [0.2, 0.25) is 0 Å². The minimum atomic E-state index is -0.640. The molecule has 0 aromatic heterocycles. The smallest absolute Gasteiger partial charge is 0.274 e. The number of hydrogen-bond donors (Lipinski definition) is 3. The molecule has 7 nitrogen and oxygen atoms in total. The minimum absolute atomic E-state index is 0.225. The molecule has 174 valence electrons. The molecule has 0 aliphatic heterocycles. The normalized spacial score (nSPS) is 11.4. The van der Waals surface area contributed by atoms with Gasteiger partial charge >= 0.3 is 0 Å². The maximum atomic E-state index is 12.2. The van der Waals surface area contributed by atoms with Gasteiger partial charge in [0.05, 0.1) is 6.61 Å². The van der Waals surface area contributed by atoms with Gasteiger partial charge in [0.1, 0.15) is 0 Å². The van der Waals surface area contributed by atoms with Crippen molar-refractivity contribution in [2.24, 2.45) is 0 Å². The summed E-state index contributed by atoms with van der Waals surface area (Å²) in [6.45, 7) is 10.0. The Bertz CT molecular complexity index is 1100. The Morgan fingerprint density at radius 2 is 1.33 bits per heavy atom. The lowest BCUT2D eigenvalue weighted by molar-refractivity contribution is 0.0234. The van der Waals surface area contributed by atoms with Crippen molar-refractivity contribution in [3.8, 4) is 0 Å². The lowest BCUT2D eigenvalue weighted by Crippen LogP contribution is -2.36. The molecule has 7 heteroatoms. The third-order valence-electron chi connectivity index (χ3n) is 5.58. The molecule has 0 aliphatic carbocycles. The van der Waals surface area contributed by atoms with Crippen molar-refractivity contribution in [3.63, 3.8) is 0 Å². The van der Waals surface area contributed by atoms with Gasteiger partial charge in [-0.25, -0.2) is 11.0 Å². The minimum Gasteiger partial charge on any atom is -0.294 e. The van der Waals surface area contributed by atoms with Crippen LogP contribution in [0.4, 0.5) is 0 Å². The Balaban J connectivity index is 1.58. The molecule has 0 heterocycles. The van der Waals surface area contributed by atoms with Gasteiger partial charge in [0.2, 0.25) is 0 Å². The highest BCUT2D eigenvalue weighted by molar-refractivity contribution is 5.97. The van der Waals surface area contributed by atoms with Gasteiger partial charge in [0.25, 0.3) is 11.8 Å². The van der Waals surface area contributed by atoms with Crippen molar-refractivity contribution in [1.82, 2.24) is 15.9 Å². The molecule has 0 saturated heterocycles. The lowest BCUT2D eigenvalue weighted by atomic mass is 10.0. The van der Waals surface area contributed by atoms with Crippen molar-refractivity contribution in [3.05, 3.63) is 82.9 Å². The van der Waals surface area contributed by atoms with Gasteiger partial charge in [0.15, 0.2) is 0 Å². The molecule has 0 spiro atoms. The summed E-state index contributed by atoms with van der Waals surface area (Å²) in [5, 5.41) is 10.9. The van der Waals surface area contributed by atoms with Gasteiger partial charge in [-0.2, -0.15) is 0 Å². The highest BCUT2D eigenvalue weighted by Crippen LogP contribution is 2.21. The first-order chi connectivity index (χ1) is 15.8. The molecule has 0 bridgehead atoms. The number of carbonyl (C=O) groups excluding carboxylic acids is 2. The Labute approximate surface area is 194 Å². The van der Waals surface area contributed by atoms with Gasteiger partial charge in [-0.05, 0) is 86.0 Å². The zero-order chi connectivity index (χ0) is 24.0. The van der Waals surface area contributed by atoms with Crippen LogP contribution in [0, 0.1) is 0 Å². The monoisotopic (exact) mass is 449 g/mol. The zero-order valence-corrected chi connectivity index (χ0v) is 19.5. The fourth-order valence-electron chi connectivity index (χ4n) is 3.79. The fraction of sp³-hybridized carbons (Fsp3) is 0.308. The van der Waals surface area contributed by atoms with E-state index in [1.807, 2.05) is 6.07 Å². The first-order valence-electron chi connectivity index (χ1n) is 11.0. The Kier molecular flexibility index (Phi) is 8.16. The molecule has 3 aromatic rings. The number of amides is 2. The largest absolute Gasteiger partial charge is 0.294 e. The van der Waals surface area contributed by atoms with Crippen LogP contribution in [0.3, 0.4) is 0 Å². The van der Waals surface area contributed by atoms with E-state index in [0.29, 0.717) is 17.6 Å². The average Bonchev–Trinajstić information content (AvgIpc) is 2.81. The van der Waals surface area contributed by atoms with Gasteiger partial charge in [-0.1, -0.05) is 24.3 Å². The Hall–Kier alpha value is -3.26. The summed E-state index contributed by atoms with van der Waals surface area (Å²) in [4.78, 5) is 31.4. The molecular formula is C26H31N3O4. The predicted octanol–water partition coefficient (Wildman–Crippen LogP) is 4.44. The van der Waals surface area contributed by atoms with E-state index in [-0.39, 0.29) is 12.2 Å². The molecule has 3 rings (SSSR count). The van der Waals surface area contributed by atoms with Crippen molar-refractivity contribution in [1.29, 1.82) is 0 Å². The number of benzene rings is 3. The second kappa shape index (κ2) is 11.0. The molecule has 0 saturated carbocycles. The maximum Gasteiger partial charge on any atom is 0.274 e. The summed E-state index contributed by atoms with van der Waals surface area (Å²) in [7, 11) is 0. The van der Waals surface area contributed by atoms with E-state index < -0.39 is 11.8 Å². The summed E-state index contributed by atoms with van der Waals surface area (Å²) in [6, 6.07) is 19.4. The van der Waals surface area contributed by atoms with E-state index in [1.54, 1.807) is 5.48 Å². The average molecular weight is 450 g/mol. The van der Waals surface area contributed by atoms with Gasteiger partial charge in [0, 0.05) is 29.8 Å². The molecule has 33 heavy (non-hydrogen) atoms. The summed E-state index contributed by atoms with van der Waals surface area (Å²) in [6.07, 6.45) is 0. The second-order valence-corrected chi connectivity index (χ2v) is 8.61. The molecule has 2 amide bonds. The quantitative estimate of drug-likeness (QED) is 0.332. The molecule has 3 aromatic carbocycles. The number of rotatable bonds is 9. The molecule has 0 radical (unpaired) electrons. The standard InChI is InChI=1S/C26H31N3O4/c1-17(2)29(18(3)4)15-19-5-7-24-14-20(6-8-23(24)13-19)16-33-28-26(31)22-11-9-21(10-12-22)25(30)27-32/h5-14,17-18,32H,15-16H2,1-4H3,(H,27,30)(H,28,31). The number of hydrogen-bond acceptors (Lipinski definition) is 5. The molecule has 3 N–H and O–H groups in total. The van der Waals surface area contributed by atoms with Crippen LogP contribution in [0.1, 0.15) is 59.5 Å². The van der Waals surface area contributed by atoms with Crippen molar-refractivity contribution < 1.29 is 19.6 Å². The Morgan fingerprint density at radius 1 is 0.818 bits per heavy atom. The number of fused-ring (bicyclic) bond motifs is 1. The van der Waals surface area contributed by atoms with E-state index in [4.69, 9.17) is 10.0 Å². The number of nitrogens with zero attached hydrogens (tertiary/aromatic N) is 1. The third kappa shape index (κ3) is 6.38. The Morgan fingerprint density at radius 3 is 1.88 bits per heavy atom. The van der Waals surface area contributed by atoms with Crippen molar-refractivity contribution in [2.75, 3.05) is 0 Å². The van der Waals surface area contributed by atoms with Crippen LogP contribution in [-0.4, -0.2) is 34.0 Å². The lowest BCUT2D eigenvalue weighted by Gasteiger charge is -2.30. The summed E-state index contributed by atoms with van der Waals surface area (Å²) < 4.78 is 0. The van der Waals surface area contributed by atoms with Crippen LogP contribution >= 0.6 is 0 Å². The van der Waals surface area contributed by atoms with Crippen LogP contribution in [0.15, 0.2) is 60.7 Å². The van der Waals surface area contributed by atoms with E-state index in [1.165, 1.54) is 35.2 Å². The van der Waals surface area contributed by atoms with Crippen molar-refractivity contribution >= 4 is 22.6 Å². The van der Waals surface area contributed by atoms with E-state index in [2.05, 4.69) is 68.4 Å². The van der Waals surface area contributed by atoms with E-state index >= 15 is 0 Å². The summed E-state index contributed by atoms with van der Waals surface area (Å²) in [5.74, 6) is -1.06. The zero-order valence-electron chi connectivity index (χ0n) is 19.5. The predicted molar refractivity (Wildman–Crippen MR) is 128 cm³/mol. The molecule has 0 aliphatic rings. The molecule has 0 fully saturated rings. The molecule has 0 unspecified atom stereocenters. The fourth-order valence-corrected chi connectivity index (χ4v) is 3.79. The summed E-state index contributed by atoms with van der Waals surface area (Å²) in [5.41, 5.74) is 6.77. The van der Waals surface area contributed by atoms with E-state index in [0.717, 1.165) is 17.5 Å². The van der Waals surface area contributed by atoms with Crippen LogP contribution in [0.5, 0.6) is 0 Å². The summed E-state index contributed by atoms with van der Waals surface area (Å²) >= 11 is 0. The van der Waals surface area contributed by atoms with Gasteiger partial charge in [-0.3, -0.25) is 24.5 Å². The topological polar surface area (TPSA) is 90.9 Å². The second-order valence-electron chi connectivity index (χ2n) is 8.61. The van der Waals surface area contributed by atoms with Gasteiger partial charge in [-0.15, -0.1) is 0 Å². The molecular weight excluding hydrogens is 418 g/mol. The van der Waals surface area contributed by atoms with Gasteiger partial charge < -0.3 is 0 Å². The van der Waals surface area contributed by atoms with Crippen LogP contribution < -0.4 is 11.0 Å². The molecule has 0 atom stereocenters. The van der Waals surface area contributed by atoms with Crippen molar-refractivity contribution in [2.45, 2.75) is 52.9 Å². The first kappa shape index (κ1) is 24.4. The highest BCUT2D eigenvalue weighted by Gasteiger charge is 2.14. The number of nitrogens with one attached hydrogen (secondary N) is 2. The SMILES string of the molecule is CC(C)N(Cc1ccc2cc(CONC(=O)c3ccc(C(=O)NO)cc3)ccc2c1)C(C)C. The van der Waals surface area contributed by atoms with E-state index in [9.17, 15) is 9.59 Å². The van der Waals surface area contributed by atoms with Crippen LogP contribution in [0.25, 0.3) is 10.8 Å².